The van der Waals surface area contributed by atoms with Gasteiger partial charge < -0.3 is 20.9 Å². The molecular weight excluding hydrogens is 498 g/mol. The molecular formula is C28H29F4N5O. The Balaban J connectivity index is 1.80. The van der Waals surface area contributed by atoms with E-state index in [2.05, 4.69) is 18.7 Å². The number of carbonyl (C=O) groups excluding carboxylic acids is 1. The van der Waals surface area contributed by atoms with Crippen LogP contribution in [0, 0.1) is 5.82 Å². The Hall–Kier alpha value is -3.92. The molecule has 0 radical (unpaired) electrons. The molecule has 0 aliphatic heterocycles. The van der Waals surface area contributed by atoms with Crippen molar-refractivity contribution in [1.29, 1.82) is 0 Å². The monoisotopic (exact) mass is 527 g/mol. The van der Waals surface area contributed by atoms with E-state index in [0.29, 0.717) is 28.0 Å². The number of hydrogen-bond donors (Lipinski definition) is 2. The topological polar surface area (TPSA) is 90.2 Å². The van der Waals surface area contributed by atoms with E-state index >= 15 is 0 Å². The summed E-state index contributed by atoms with van der Waals surface area (Å²) in [7, 11) is 0. The molecule has 1 aromatic heterocycles. The first-order valence-corrected chi connectivity index (χ1v) is 12.3. The first-order chi connectivity index (χ1) is 18.0. The maximum atomic E-state index is 14.3. The predicted molar refractivity (Wildman–Crippen MR) is 140 cm³/mol. The lowest BCUT2D eigenvalue weighted by atomic mass is 10.0. The molecule has 0 aliphatic carbocycles. The van der Waals surface area contributed by atoms with E-state index in [1.165, 1.54) is 6.07 Å². The first kappa shape index (κ1) is 27.1. The highest BCUT2D eigenvalue weighted by Gasteiger charge is 2.34. The molecule has 6 nitrogen and oxygen atoms in total. The molecule has 10 heteroatoms. The number of aromatic nitrogens is 2. The van der Waals surface area contributed by atoms with E-state index in [-0.39, 0.29) is 13.0 Å². The van der Waals surface area contributed by atoms with E-state index in [9.17, 15) is 22.4 Å². The summed E-state index contributed by atoms with van der Waals surface area (Å²) in [5.74, 6) is -1.29. The van der Waals surface area contributed by atoms with Crippen LogP contribution in [0.4, 0.5) is 23.2 Å². The van der Waals surface area contributed by atoms with Crippen LogP contribution in [0.2, 0.25) is 0 Å². The second-order valence-corrected chi connectivity index (χ2v) is 9.08. The van der Waals surface area contributed by atoms with Crippen LogP contribution in [-0.4, -0.2) is 28.5 Å². The van der Waals surface area contributed by atoms with Crippen molar-refractivity contribution in [2.75, 3.05) is 18.0 Å². The van der Waals surface area contributed by atoms with Crippen LogP contribution in [0.25, 0.3) is 22.4 Å². The van der Waals surface area contributed by atoms with Gasteiger partial charge in [-0.1, -0.05) is 12.1 Å². The van der Waals surface area contributed by atoms with Gasteiger partial charge in [-0.3, -0.25) is 4.79 Å². The lowest BCUT2D eigenvalue weighted by Gasteiger charge is -2.21. The molecule has 4 rings (SSSR count). The maximum Gasteiger partial charge on any atom is 0.419 e. The second-order valence-electron chi connectivity index (χ2n) is 9.08. The molecule has 0 saturated heterocycles. The van der Waals surface area contributed by atoms with Gasteiger partial charge >= 0.3 is 6.18 Å². The van der Waals surface area contributed by atoms with Gasteiger partial charge in [0, 0.05) is 43.3 Å². The van der Waals surface area contributed by atoms with Gasteiger partial charge in [-0.15, -0.1) is 0 Å². The number of benzene rings is 3. The number of carbonyl (C=O) groups is 1. The summed E-state index contributed by atoms with van der Waals surface area (Å²) >= 11 is 0. The average molecular weight is 528 g/mol. The molecule has 1 unspecified atom stereocenters. The quantitative estimate of drug-likeness (QED) is 0.276. The second kappa shape index (κ2) is 10.8. The normalized spacial score (nSPS) is 12.6. The van der Waals surface area contributed by atoms with Gasteiger partial charge in [-0.25, -0.2) is 9.37 Å². The molecule has 1 atom stereocenters. The third-order valence-electron chi connectivity index (χ3n) is 6.56. The van der Waals surface area contributed by atoms with Crippen molar-refractivity contribution in [3.8, 4) is 11.4 Å². The lowest BCUT2D eigenvalue weighted by molar-refractivity contribution is -0.140. The zero-order chi connectivity index (χ0) is 27.6. The number of nitrogens with zero attached hydrogens (tertiary/aromatic N) is 3. The van der Waals surface area contributed by atoms with Gasteiger partial charge in [0.1, 0.15) is 11.6 Å². The van der Waals surface area contributed by atoms with Crippen LogP contribution in [0.15, 0.2) is 60.7 Å². The number of primary amides is 1. The molecule has 4 aromatic rings. The summed E-state index contributed by atoms with van der Waals surface area (Å²) in [5.41, 5.74) is 14.2. The Kier molecular flexibility index (Phi) is 7.73. The molecule has 0 fully saturated rings. The Bertz CT molecular complexity index is 1440. The summed E-state index contributed by atoms with van der Waals surface area (Å²) in [6.07, 6.45) is -4.81. The third kappa shape index (κ3) is 5.65. The summed E-state index contributed by atoms with van der Waals surface area (Å²) in [5, 5.41) is 0. The average Bonchev–Trinajstić information content (AvgIpc) is 3.21. The number of halogens is 4. The van der Waals surface area contributed by atoms with Crippen LogP contribution in [0.1, 0.15) is 43.0 Å². The molecule has 3 aromatic carbocycles. The Morgan fingerprint density at radius 1 is 1.03 bits per heavy atom. The smallest absolute Gasteiger partial charge is 0.372 e. The number of imidazole rings is 1. The van der Waals surface area contributed by atoms with Crippen LogP contribution in [0.3, 0.4) is 0 Å². The van der Waals surface area contributed by atoms with Crippen molar-refractivity contribution in [2.24, 2.45) is 11.5 Å². The number of nitrogens with two attached hydrogens (primary N) is 2. The molecule has 0 saturated carbocycles. The van der Waals surface area contributed by atoms with Gasteiger partial charge in [-0.2, -0.15) is 13.2 Å². The zero-order valence-electron chi connectivity index (χ0n) is 21.1. The highest BCUT2D eigenvalue weighted by atomic mass is 19.4. The van der Waals surface area contributed by atoms with Gasteiger partial charge in [0.25, 0.3) is 0 Å². The van der Waals surface area contributed by atoms with Crippen LogP contribution < -0.4 is 16.4 Å². The van der Waals surface area contributed by atoms with E-state index in [4.69, 9.17) is 16.5 Å². The third-order valence-corrected chi connectivity index (χ3v) is 6.56. The van der Waals surface area contributed by atoms with E-state index < -0.39 is 29.5 Å². The minimum atomic E-state index is -4.78. The van der Waals surface area contributed by atoms with Crippen LogP contribution >= 0.6 is 0 Å². The standard InChI is InChI=1S/C28H29F4N5O/c1-3-36(4-2)20-9-6-18(7-10-20)27-35-24-14-19(23(33)15-26(34)38)8-12-25(24)37(27)16-17-5-11-21(22(29)13-17)28(30,31)32/h5-14,23H,3-4,15-16,33H2,1-2H3,(H2,34,38). The minimum Gasteiger partial charge on any atom is -0.372 e. The zero-order valence-corrected chi connectivity index (χ0v) is 21.1. The molecule has 0 spiro atoms. The SMILES string of the molecule is CCN(CC)c1ccc(-c2nc3cc(C(N)CC(N)=O)ccc3n2Cc2ccc(C(F)(F)F)c(F)c2)cc1. The molecule has 4 N–H and O–H groups in total. The molecule has 0 bridgehead atoms. The molecule has 1 heterocycles. The minimum absolute atomic E-state index is 0.0310. The fourth-order valence-corrected chi connectivity index (χ4v) is 4.57. The number of anilines is 1. The Labute approximate surface area is 217 Å². The summed E-state index contributed by atoms with van der Waals surface area (Å²) < 4.78 is 55.4. The maximum absolute atomic E-state index is 14.3. The first-order valence-electron chi connectivity index (χ1n) is 12.3. The van der Waals surface area contributed by atoms with Crippen molar-refractivity contribution < 1.29 is 22.4 Å². The van der Waals surface area contributed by atoms with Gasteiger partial charge in [0.05, 0.1) is 16.6 Å². The number of hydrogen-bond acceptors (Lipinski definition) is 4. The van der Waals surface area contributed by atoms with Crippen LogP contribution in [-0.2, 0) is 17.5 Å². The Morgan fingerprint density at radius 3 is 2.29 bits per heavy atom. The molecule has 0 aliphatic rings. The highest BCUT2D eigenvalue weighted by Crippen LogP contribution is 2.33. The molecule has 1 amide bonds. The summed E-state index contributed by atoms with van der Waals surface area (Å²) in [6.45, 7) is 5.93. The Morgan fingerprint density at radius 2 is 1.71 bits per heavy atom. The van der Waals surface area contributed by atoms with E-state index in [1.54, 1.807) is 18.2 Å². The number of rotatable bonds is 9. The van der Waals surface area contributed by atoms with Crippen molar-refractivity contribution >= 4 is 22.6 Å². The lowest BCUT2D eigenvalue weighted by Crippen LogP contribution is -2.21. The van der Waals surface area contributed by atoms with Crippen molar-refractivity contribution in [2.45, 2.75) is 39.0 Å². The van der Waals surface area contributed by atoms with Gasteiger partial charge in [0.15, 0.2) is 0 Å². The summed E-state index contributed by atoms with van der Waals surface area (Å²) in [4.78, 5) is 18.3. The highest BCUT2D eigenvalue weighted by molar-refractivity contribution is 5.82. The predicted octanol–water partition coefficient (Wildman–Crippen LogP) is 5.63. The van der Waals surface area contributed by atoms with Crippen LogP contribution in [0.5, 0.6) is 0 Å². The molecule has 38 heavy (non-hydrogen) atoms. The fourth-order valence-electron chi connectivity index (χ4n) is 4.57. The van der Waals surface area contributed by atoms with Crippen molar-refractivity contribution in [3.05, 3.63) is 83.2 Å². The number of alkyl halides is 3. The van der Waals surface area contributed by atoms with Gasteiger partial charge in [-0.05, 0) is 73.5 Å². The molecule has 200 valence electrons. The fraction of sp³-hybridized carbons (Fsp3) is 0.286. The largest absolute Gasteiger partial charge is 0.419 e. The number of amides is 1. The van der Waals surface area contributed by atoms with Crippen molar-refractivity contribution in [1.82, 2.24) is 9.55 Å². The summed E-state index contributed by atoms with van der Waals surface area (Å²) in [6, 6.07) is 15.4. The van der Waals surface area contributed by atoms with Crippen molar-refractivity contribution in [3.63, 3.8) is 0 Å². The van der Waals surface area contributed by atoms with Gasteiger partial charge in [0.2, 0.25) is 5.91 Å². The van der Waals surface area contributed by atoms with E-state index in [1.807, 2.05) is 28.8 Å². The van der Waals surface area contributed by atoms with E-state index in [0.717, 1.165) is 36.5 Å². The number of fused-ring (bicyclic) bond motifs is 1.